The lowest BCUT2D eigenvalue weighted by atomic mass is 10.0. The van der Waals surface area contributed by atoms with Gasteiger partial charge >= 0.3 is 0 Å². The van der Waals surface area contributed by atoms with E-state index in [1.54, 1.807) is 12.4 Å². The van der Waals surface area contributed by atoms with Crippen LogP contribution in [0.1, 0.15) is 44.9 Å². The van der Waals surface area contributed by atoms with Gasteiger partial charge < -0.3 is 5.32 Å². The highest BCUT2D eigenvalue weighted by molar-refractivity contribution is 5.37. The van der Waals surface area contributed by atoms with Gasteiger partial charge in [-0.05, 0) is 32.1 Å². The molecule has 1 N–H and O–H groups in total. The Labute approximate surface area is 125 Å². The summed E-state index contributed by atoms with van der Waals surface area (Å²) < 4.78 is 1.95. The van der Waals surface area contributed by atoms with Crippen molar-refractivity contribution in [3.63, 3.8) is 0 Å². The first-order valence-corrected chi connectivity index (χ1v) is 7.81. The molecule has 0 aliphatic heterocycles. The van der Waals surface area contributed by atoms with E-state index in [-0.39, 0.29) is 0 Å². The Morgan fingerprint density at radius 3 is 2.90 bits per heavy atom. The average Bonchev–Trinajstić information content (AvgIpc) is 2.80. The van der Waals surface area contributed by atoms with Gasteiger partial charge in [-0.25, -0.2) is 9.97 Å². The van der Waals surface area contributed by atoms with Gasteiger partial charge in [-0.1, -0.05) is 19.8 Å². The van der Waals surface area contributed by atoms with E-state index < -0.39 is 0 Å². The zero-order chi connectivity index (χ0) is 14.7. The molecule has 3 rings (SSSR count). The van der Waals surface area contributed by atoms with E-state index in [2.05, 4.69) is 27.2 Å². The topological polar surface area (TPSA) is 55.6 Å². The minimum absolute atomic E-state index is 0.517. The molecule has 5 nitrogen and oxygen atoms in total. The quantitative estimate of drug-likeness (QED) is 0.879. The molecule has 2 heterocycles. The van der Waals surface area contributed by atoms with Crippen LogP contribution in [0.3, 0.4) is 0 Å². The van der Waals surface area contributed by atoms with Gasteiger partial charge in [-0.2, -0.15) is 0 Å². The molecule has 2 atom stereocenters. The van der Waals surface area contributed by atoms with Crippen LogP contribution >= 0.6 is 0 Å². The first-order valence-electron chi connectivity index (χ1n) is 7.81. The van der Waals surface area contributed by atoms with Crippen molar-refractivity contribution in [2.45, 2.75) is 52.0 Å². The summed E-state index contributed by atoms with van der Waals surface area (Å²) >= 11 is 0. The van der Waals surface area contributed by atoms with Crippen LogP contribution in [0.2, 0.25) is 0 Å². The van der Waals surface area contributed by atoms with Crippen LogP contribution in [0.15, 0.2) is 24.8 Å². The van der Waals surface area contributed by atoms with Crippen molar-refractivity contribution in [3.05, 3.63) is 30.6 Å². The minimum Gasteiger partial charge on any atom is -0.366 e. The molecule has 1 aliphatic carbocycles. The number of hydrogen-bond donors (Lipinski definition) is 1. The highest BCUT2D eigenvalue weighted by atomic mass is 15.2. The van der Waals surface area contributed by atoms with E-state index >= 15 is 0 Å². The Bertz CT molecular complexity index is 592. The van der Waals surface area contributed by atoms with Crippen LogP contribution in [0.4, 0.5) is 5.82 Å². The molecule has 1 aliphatic rings. The van der Waals surface area contributed by atoms with E-state index in [0.29, 0.717) is 6.04 Å². The van der Waals surface area contributed by atoms with Gasteiger partial charge in [-0.3, -0.25) is 9.55 Å². The van der Waals surface area contributed by atoms with E-state index in [4.69, 9.17) is 0 Å². The maximum atomic E-state index is 4.67. The fourth-order valence-corrected chi connectivity index (χ4v) is 3.00. The normalized spacial score (nSPS) is 22.8. The van der Waals surface area contributed by atoms with Crippen molar-refractivity contribution in [1.29, 1.82) is 0 Å². The minimum atomic E-state index is 0.517. The van der Waals surface area contributed by atoms with E-state index in [0.717, 1.165) is 23.4 Å². The van der Waals surface area contributed by atoms with Gasteiger partial charge in [0.2, 0.25) is 0 Å². The van der Waals surface area contributed by atoms with Crippen LogP contribution in [-0.4, -0.2) is 25.6 Å². The second-order valence-electron chi connectivity index (χ2n) is 6.06. The Kier molecular flexibility index (Phi) is 4.18. The second kappa shape index (κ2) is 6.24. The van der Waals surface area contributed by atoms with Crippen molar-refractivity contribution >= 4 is 5.82 Å². The Hall–Kier alpha value is -1.91. The van der Waals surface area contributed by atoms with Gasteiger partial charge in [0.1, 0.15) is 11.6 Å². The van der Waals surface area contributed by atoms with Crippen molar-refractivity contribution in [2.75, 3.05) is 5.32 Å². The van der Waals surface area contributed by atoms with Crippen LogP contribution in [-0.2, 0) is 0 Å². The molecule has 1 fully saturated rings. The predicted molar refractivity (Wildman–Crippen MR) is 83.6 cm³/mol. The molecular weight excluding hydrogens is 262 g/mol. The lowest BCUT2D eigenvalue weighted by Crippen LogP contribution is -2.19. The molecular formula is C16H23N5. The van der Waals surface area contributed by atoms with Crippen LogP contribution in [0, 0.1) is 12.8 Å². The summed E-state index contributed by atoms with van der Waals surface area (Å²) in [7, 11) is 0. The fraction of sp³-hybridized carbons (Fsp3) is 0.562. The number of aromatic nitrogens is 4. The Balaban J connectivity index is 1.73. The fourth-order valence-electron chi connectivity index (χ4n) is 3.00. The molecule has 0 spiro atoms. The maximum absolute atomic E-state index is 4.67. The second-order valence-corrected chi connectivity index (χ2v) is 6.06. The molecule has 1 saturated carbocycles. The van der Waals surface area contributed by atoms with Gasteiger partial charge in [-0.15, -0.1) is 0 Å². The molecule has 2 aromatic rings. The van der Waals surface area contributed by atoms with Crippen molar-refractivity contribution in [1.82, 2.24) is 19.5 Å². The summed E-state index contributed by atoms with van der Waals surface area (Å²) in [6, 6.07) is 0.517. The zero-order valence-corrected chi connectivity index (χ0v) is 12.8. The molecule has 0 saturated heterocycles. The Morgan fingerprint density at radius 1 is 1.19 bits per heavy atom. The summed E-state index contributed by atoms with van der Waals surface area (Å²) in [5.41, 5.74) is 0. The number of nitrogens with one attached hydrogen (secondary N) is 1. The first kappa shape index (κ1) is 14.0. The first-order chi connectivity index (χ1) is 10.2. The van der Waals surface area contributed by atoms with E-state index in [1.165, 1.54) is 32.1 Å². The molecule has 0 bridgehead atoms. The monoisotopic (exact) mass is 285 g/mol. The summed E-state index contributed by atoms with van der Waals surface area (Å²) in [5.74, 6) is 3.45. The molecule has 112 valence electrons. The molecule has 0 aromatic carbocycles. The molecule has 0 radical (unpaired) electrons. The van der Waals surface area contributed by atoms with Gasteiger partial charge in [0.25, 0.3) is 0 Å². The lowest BCUT2D eigenvalue weighted by Gasteiger charge is -2.17. The van der Waals surface area contributed by atoms with Crippen LogP contribution < -0.4 is 5.32 Å². The number of hydrogen-bond acceptors (Lipinski definition) is 4. The lowest BCUT2D eigenvalue weighted by molar-refractivity contribution is 0.502. The van der Waals surface area contributed by atoms with Crippen molar-refractivity contribution in [2.24, 2.45) is 5.92 Å². The number of rotatable bonds is 3. The summed E-state index contributed by atoms with van der Waals surface area (Å²) in [6.45, 7) is 4.32. The smallest absolute Gasteiger partial charge is 0.159 e. The van der Waals surface area contributed by atoms with Crippen LogP contribution in [0.5, 0.6) is 0 Å². The molecule has 2 unspecified atom stereocenters. The number of aryl methyl sites for hydroxylation is 1. The van der Waals surface area contributed by atoms with Crippen LogP contribution in [0.25, 0.3) is 5.82 Å². The highest BCUT2D eigenvalue weighted by Crippen LogP contribution is 2.24. The number of imidazole rings is 1. The molecule has 2 aromatic heterocycles. The largest absolute Gasteiger partial charge is 0.366 e. The third kappa shape index (κ3) is 3.40. The van der Waals surface area contributed by atoms with E-state index in [9.17, 15) is 0 Å². The third-order valence-corrected chi connectivity index (χ3v) is 4.30. The number of anilines is 1. The van der Waals surface area contributed by atoms with Gasteiger partial charge in [0, 0.05) is 18.4 Å². The zero-order valence-electron chi connectivity index (χ0n) is 12.8. The molecule has 0 amide bonds. The van der Waals surface area contributed by atoms with Crippen molar-refractivity contribution < 1.29 is 0 Å². The third-order valence-electron chi connectivity index (χ3n) is 4.30. The summed E-state index contributed by atoms with van der Waals surface area (Å²) in [6.07, 6.45) is 13.7. The summed E-state index contributed by atoms with van der Waals surface area (Å²) in [4.78, 5) is 13.2. The molecule has 5 heteroatoms. The predicted octanol–water partition coefficient (Wildman–Crippen LogP) is 3.35. The van der Waals surface area contributed by atoms with Gasteiger partial charge in [0.15, 0.2) is 5.82 Å². The molecule has 21 heavy (non-hydrogen) atoms. The standard InChI is InChI=1S/C16H23N5/c1-12-4-3-5-14(7-6-12)19-15-10-17-11-16(20-15)21-9-8-18-13(21)2/h8-12,14H,3-7H2,1-2H3,(H,19,20). The maximum Gasteiger partial charge on any atom is 0.159 e. The van der Waals surface area contributed by atoms with E-state index in [1.807, 2.05) is 23.9 Å². The average molecular weight is 285 g/mol. The SMILES string of the molecule is Cc1nccn1-c1cncc(NC2CCCC(C)CC2)n1. The Morgan fingerprint density at radius 2 is 2.10 bits per heavy atom. The number of nitrogens with zero attached hydrogens (tertiary/aromatic N) is 4. The highest BCUT2D eigenvalue weighted by Gasteiger charge is 2.16. The van der Waals surface area contributed by atoms with Gasteiger partial charge in [0.05, 0.1) is 12.4 Å². The van der Waals surface area contributed by atoms with Crippen molar-refractivity contribution in [3.8, 4) is 5.82 Å². The summed E-state index contributed by atoms with van der Waals surface area (Å²) in [5, 5.41) is 3.56.